The zero-order chi connectivity index (χ0) is 59.7. The molecule has 5 N–H and O–H groups in total. The zero-order valence-corrected chi connectivity index (χ0v) is 51.5. The number of anilines is 5. The number of hydrogen-bond donors (Lipinski definition) is 5. The second-order valence-corrected chi connectivity index (χ2v) is 27.8. The summed E-state index contributed by atoms with van der Waals surface area (Å²) in [6.07, 6.45) is 6.89. The van der Waals surface area contributed by atoms with Crippen molar-refractivity contribution >= 4 is 87.8 Å². The van der Waals surface area contributed by atoms with Crippen molar-refractivity contribution in [1.29, 1.82) is 0 Å². The van der Waals surface area contributed by atoms with Gasteiger partial charge in [-0.15, -0.1) is 16.4 Å². The molecule has 0 saturated carbocycles. The molecule has 24 heteroatoms. The van der Waals surface area contributed by atoms with Crippen LogP contribution in [0.3, 0.4) is 0 Å². The van der Waals surface area contributed by atoms with Gasteiger partial charge in [0.2, 0.25) is 29.6 Å². The highest BCUT2D eigenvalue weighted by molar-refractivity contribution is 7.70. The Kier molecular flexibility index (Phi) is 20.1. The summed E-state index contributed by atoms with van der Waals surface area (Å²) in [6, 6.07) is 20.0. The highest BCUT2D eigenvalue weighted by atomic mass is 35.5. The minimum Gasteiger partial charge on any atom is -0.494 e. The van der Waals surface area contributed by atoms with E-state index < -0.39 is 36.7 Å². The number of aliphatic hydroxyl groups is 1. The van der Waals surface area contributed by atoms with Crippen LogP contribution in [0.15, 0.2) is 84.6 Å². The number of piperidine rings is 1. The fraction of sp³-hybridized carbons (Fsp3) is 0.483. The summed E-state index contributed by atoms with van der Waals surface area (Å²) in [6.45, 7) is 16.6. The van der Waals surface area contributed by atoms with E-state index >= 15 is 0 Å². The Morgan fingerprint density at radius 1 is 0.917 bits per heavy atom. The van der Waals surface area contributed by atoms with Crippen molar-refractivity contribution in [2.24, 2.45) is 5.41 Å². The summed E-state index contributed by atoms with van der Waals surface area (Å²) in [4.78, 5) is 77.2. The fourth-order valence-electron chi connectivity index (χ4n) is 11.2. The number of likely N-dealkylation sites (tertiary alicyclic amines) is 1. The first-order chi connectivity index (χ1) is 40.2. The molecule has 3 aliphatic rings. The summed E-state index contributed by atoms with van der Waals surface area (Å²) >= 11 is 8.08. The number of piperazine rings is 1. The number of ether oxygens (including phenoxy) is 1. The molecule has 448 valence electrons. The van der Waals surface area contributed by atoms with Gasteiger partial charge in [0.05, 0.1) is 52.6 Å². The molecule has 0 spiro atoms. The van der Waals surface area contributed by atoms with E-state index in [1.165, 1.54) is 11.1 Å². The summed E-state index contributed by atoms with van der Waals surface area (Å²) in [5, 5.41) is 32.7. The summed E-state index contributed by atoms with van der Waals surface area (Å²) in [7, 11) is -0.935. The molecule has 3 aliphatic heterocycles. The number of methoxy groups -OCH3 is 1. The van der Waals surface area contributed by atoms with E-state index in [0.717, 1.165) is 72.1 Å². The second-order valence-electron chi connectivity index (χ2n) is 23.4. The van der Waals surface area contributed by atoms with E-state index in [0.29, 0.717) is 90.6 Å². The SMILES string of the molecule is COc1cc(N2CCC(N3CCN(C(=O)CCCc4cn(CCCC(=O)N[C@H](C(=O)N5C[C@H](O)C[C@H]5C(=O)NCc5ccc(-c6scnc6C)cc5)C(C)(C)C)nn4)CC3)CC2)ccc1Nc1ncc(Cl)c(Nc2ccccc2P(C)(C)=O)n1. The molecule has 3 saturated heterocycles. The number of carbonyl (C=O) groups excluding carboxylic acids is 4. The van der Waals surface area contributed by atoms with Gasteiger partial charge in [0, 0.05) is 107 Å². The van der Waals surface area contributed by atoms with Crippen LogP contribution in [0.5, 0.6) is 5.75 Å². The van der Waals surface area contributed by atoms with Crippen molar-refractivity contribution < 1.29 is 33.6 Å². The van der Waals surface area contributed by atoms with Crippen LogP contribution >= 0.6 is 30.1 Å². The Bertz CT molecular complexity index is 3320. The standard InChI is InChI=1S/C60H78ClN14O7PS/c1-39-54(84-38-64-39)41-19-17-40(18-20-41)34-62-57(79)49-33-45(76)37-75(49)58(80)55(60(2,3)4)67-52(77)15-11-25-74-36-42(69-70-74)12-10-16-53(78)73-30-28-72(29-31-73)43-23-26-71(27-24-43)44-21-22-47(50(32-44)82-5)66-59-63-35-46(61)56(68-59)65-48-13-8-9-14-51(48)83(6,7)81/h8-9,13-14,17-22,32,35-36,38,43,45,49,55,76H,10-12,15-16,23-31,33-34,37H2,1-7H3,(H,62,79)(H,67,77)(H2,63,65,66,68)/t45-,49+,55-/m1/s1. The maximum absolute atomic E-state index is 14.1. The van der Waals surface area contributed by atoms with E-state index in [2.05, 4.69) is 62.4 Å². The largest absolute Gasteiger partial charge is 0.494 e. The molecular weight excluding hydrogens is 1130 g/mol. The summed E-state index contributed by atoms with van der Waals surface area (Å²) < 4.78 is 20.5. The summed E-state index contributed by atoms with van der Waals surface area (Å²) in [5.74, 6) is 0.430. The molecule has 3 fully saturated rings. The molecule has 0 bridgehead atoms. The van der Waals surface area contributed by atoms with Crippen LogP contribution < -0.4 is 36.2 Å². The molecule has 0 unspecified atom stereocenters. The van der Waals surface area contributed by atoms with Gasteiger partial charge in [-0.1, -0.05) is 74.0 Å². The summed E-state index contributed by atoms with van der Waals surface area (Å²) in [5.41, 5.74) is 7.26. The van der Waals surface area contributed by atoms with Gasteiger partial charge >= 0.3 is 0 Å². The van der Waals surface area contributed by atoms with Crippen molar-refractivity contribution in [2.45, 2.75) is 116 Å². The molecule has 0 radical (unpaired) electrons. The number of nitrogens with zero attached hydrogens (tertiary/aromatic N) is 10. The molecule has 6 heterocycles. The van der Waals surface area contributed by atoms with Gasteiger partial charge < -0.3 is 50.4 Å². The first-order valence-corrected chi connectivity index (χ1v) is 32.7. The normalized spacial score (nSPS) is 17.5. The number of aliphatic hydroxyl groups excluding tert-OH is 1. The number of para-hydroxylation sites is 1. The monoisotopic (exact) mass is 1200 g/mol. The number of amides is 4. The van der Waals surface area contributed by atoms with Crippen LogP contribution in [0.1, 0.15) is 82.7 Å². The van der Waals surface area contributed by atoms with Crippen LogP contribution in [-0.2, 0) is 43.3 Å². The molecule has 3 atom stereocenters. The Morgan fingerprint density at radius 2 is 1.67 bits per heavy atom. The van der Waals surface area contributed by atoms with Gasteiger partial charge in [-0.05, 0) is 93.2 Å². The molecule has 3 aromatic heterocycles. The lowest BCUT2D eigenvalue weighted by Crippen LogP contribution is -2.57. The van der Waals surface area contributed by atoms with E-state index in [1.807, 2.05) is 105 Å². The zero-order valence-electron chi connectivity index (χ0n) is 49.0. The van der Waals surface area contributed by atoms with E-state index in [1.54, 1.807) is 36.5 Å². The molecule has 21 nitrogen and oxygen atoms in total. The number of aryl methyl sites for hydroxylation is 3. The Morgan fingerprint density at radius 3 is 2.37 bits per heavy atom. The van der Waals surface area contributed by atoms with Crippen LogP contribution in [0.25, 0.3) is 10.4 Å². The maximum atomic E-state index is 14.1. The van der Waals surface area contributed by atoms with Crippen molar-refractivity contribution in [3.05, 3.63) is 107 Å². The van der Waals surface area contributed by atoms with Gasteiger partial charge in [-0.2, -0.15) is 4.98 Å². The Hall–Kier alpha value is -6.97. The fourth-order valence-corrected chi connectivity index (χ4v) is 13.3. The first-order valence-electron chi connectivity index (χ1n) is 28.8. The Balaban J connectivity index is 0.664. The van der Waals surface area contributed by atoms with Crippen LogP contribution in [0.4, 0.5) is 28.8 Å². The second kappa shape index (κ2) is 27.4. The third-order valence-electron chi connectivity index (χ3n) is 15.8. The number of carbonyl (C=O) groups is 4. The van der Waals surface area contributed by atoms with Crippen LogP contribution in [0, 0.1) is 12.3 Å². The third-order valence-corrected chi connectivity index (χ3v) is 18.6. The maximum Gasteiger partial charge on any atom is 0.246 e. The number of rotatable bonds is 22. The number of β-amino-alcohol motifs (C(OH)–C–C–N with tert-alkyl or cyclic N) is 1. The predicted molar refractivity (Wildman–Crippen MR) is 329 cm³/mol. The number of aromatic nitrogens is 6. The average molecular weight is 1210 g/mol. The molecule has 0 aliphatic carbocycles. The van der Waals surface area contributed by atoms with E-state index in [9.17, 15) is 28.8 Å². The number of hydrogen-bond acceptors (Lipinski definition) is 17. The van der Waals surface area contributed by atoms with Crippen LogP contribution in [0.2, 0.25) is 5.02 Å². The minimum absolute atomic E-state index is 0.00509. The molecule has 6 aromatic rings. The highest BCUT2D eigenvalue weighted by Crippen LogP contribution is 2.39. The van der Waals surface area contributed by atoms with Crippen LogP contribution in [-0.4, -0.2) is 164 Å². The first kappa shape index (κ1) is 61.6. The lowest BCUT2D eigenvalue weighted by molar-refractivity contribution is -0.144. The topological polar surface area (TPSA) is 245 Å². The van der Waals surface area contributed by atoms with Gasteiger partial charge in [-0.25, -0.2) is 9.97 Å². The number of nitrogens with one attached hydrogen (secondary N) is 4. The van der Waals surface area contributed by atoms with Gasteiger partial charge in [0.25, 0.3) is 0 Å². The van der Waals surface area contributed by atoms with Crippen molar-refractivity contribution in [1.82, 2.24) is 55.3 Å². The minimum atomic E-state index is -2.57. The van der Waals surface area contributed by atoms with Gasteiger partial charge in [0.15, 0.2) is 5.82 Å². The van der Waals surface area contributed by atoms with Gasteiger partial charge in [-0.3, -0.25) is 28.8 Å². The van der Waals surface area contributed by atoms with Gasteiger partial charge in [0.1, 0.15) is 30.0 Å². The van der Waals surface area contributed by atoms with Crippen molar-refractivity contribution in [2.75, 3.05) is 81.8 Å². The van der Waals surface area contributed by atoms with E-state index in [-0.39, 0.29) is 43.7 Å². The highest BCUT2D eigenvalue weighted by Gasteiger charge is 2.44. The molecule has 84 heavy (non-hydrogen) atoms. The lowest BCUT2D eigenvalue weighted by Gasteiger charge is -2.43. The smallest absolute Gasteiger partial charge is 0.246 e. The van der Waals surface area contributed by atoms with Crippen molar-refractivity contribution in [3.8, 4) is 16.2 Å². The van der Waals surface area contributed by atoms with Crippen molar-refractivity contribution in [3.63, 3.8) is 0 Å². The molecule has 3 aromatic carbocycles. The predicted octanol–water partition coefficient (Wildman–Crippen LogP) is 7.62. The number of thiazole rings is 1. The molecular formula is C60H78ClN14O7PS. The molecule has 9 rings (SSSR count). The average Bonchev–Trinajstić information content (AvgIpc) is 3.02. The third kappa shape index (κ3) is 15.7. The van der Waals surface area contributed by atoms with E-state index in [4.69, 9.17) is 16.3 Å². The Labute approximate surface area is 500 Å². The number of halogens is 1. The molecule has 4 amide bonds. The number of benzene rings is 3. The quantitative estimate of drug-likeness (QED) is 0.0410. The lowest BCUT2D eigenvalue weighted by atomic mass is 9.85.